The Labute approximate surface area is 110 Å². The molecule has 94 valence electrons. The molecule has 0 fully saturated rings. The average Bonchev–Trinajstić information content (AvgIpc) is 2.31. The van der Waals surface area contributed by atoms with E-state index in [2.05, 4.69) is 0 Å². The molecular formula is C15H13ClF2. The van der Waals surface area contributed by atoms with Gasteiger partial charge < -0.3 is 0 Å². The van der Waals surface area contributed by atoms with E-state index >= 15 is 0 Å². The van der Waals surface area contributed by atoms with Gasteiger partial charge in [0.2, 0.25) is 0 Å². The second kappa shape index (κ2) is 5.49. The molecule has 3 heteroatoms. The zero-order valence-corrected chi connectivity index (χ0v) is 10.7. The summed E-state index contributed by atoms with van der Waals surface area (Å²) in [6, 6.07) is 11.1. The molecule has 1 atom stereocenters. The maximum absolute atomic E-state index is 13.1. The molecule has 0 nitrogen and oxygen atoms in total. The molecule has 0 radical (unpaired) electrons. The molecule has 0 aliphatic carbocycles. The van der Waals surface area contributed by atoms with Crippen LogP contribution >= 0.6 is 11.6 Å². The molecule has 0 amide bonds. The fraction of sp³-hybridized carbons (Fsp3) is 0.200. The summed E-state index contributed by atoms with van der Waals surface area (Å²) in [6.45, 7) is 1.95. The van der Waals surface area contributed by atoms with Crippen molar-refractivity contribution in [2.75, 3.05) is 0 Å². The first-order valence-corrected chi connectivity index (χ1v) is 6.13. The zero-order valence-electron chi connectivity index (χ0n) is 9.96. The molecular weight excluding hydrogens is 254 g/mol. The van der Waals surface area contributed by atoms with E-state index in [-0.39, 0.29) is 5.92 Å². The highest BCUT2D eigenvalue weighted by Gasteiger charge is 2.09. The van der Waals surface area contributed by atoms with E-state index in [9.17, 15) is 8.78 Å². The molecule has 0 N–H and O–H groups in total. The number of rotatable bonds is 3. The van der Waals surface area contributed by atoms with E-state index in [0.717, 1.165) is 18.1 Å². The fourth-order valence-electron chi connectivity index (χ4n) is 1.95. The van der Waals surface area contributed by atoms with Crippen LogP contribution in [0, 0.1) is 11.6 Å². The highest BCUT2D eigenvalue weighted by atomic mass is 35.5. The minimum atomic E-state index is -0.534. The summed E-state index contributed by atoms with van der Waals surface area (Å²) in [5.41, 5.74) is 1.76. The molecule has 0 saturated carbocycles. The molecule has 2 aromatic rings. The third-order valence-corrected chi connectivity index (χ3v) is 3.16. The summed E-state index contributed by atoms with van der Waals surface area (Å²) in [7, 11) is 0. The van der Waals surface area contributed by atoms with E-state index in [1.807, 2.05) is 31.2 Å². The normalized spacial score (nSPS) is 12.4. The van der Waals surface area contributed by atoms with Crippen molar-refractivity contribution in [3.05, 3.63) is 70.2 Å². The Bertz CT molecular complexity index is 514. The molecule has 0 bridgehead atoms. The predicted molar refractivity (Wildman–Crippen MR) is 69.9 cm³/mol. The van der Waals surface area contributed by atoms with Crippen LogP contribution in [-0.2, 0) is 6.42 Å². The van der Waals surface area contributed by atoms with Gasteiger partial charge in [0.25, 0.3) is 0 Å². The highest BCUT2D eigenvalue weighted by molar-refractivity contribution is 6.30. The Hall–Kier alpha value is -1.41. The van der Waals surface area contributed by atoms with Crippen LogP contribution in [0.3, 0.4) is 0 Å². The highest BCUT2D eigenvalue weighted by Crippen LogP contribution is 2.23. The van der Waals surface area contributed by atoms with Crippen molar-refractivity contribution in [2.45, 2.75) is 19.3 Å². The lowest BCUT2D eigenvalue weighted by atomic mass is 9.93. The average molecular weight is 267 g/mol. The molecule has 18 heavy (non-hydrogen) atoms. The van der Waals surface area contributed by atoms with E-state index in [4.69, 9.17) is 11.6 Å². The Balaban J connectivity index is 2.16. The van der Waals surface area contributed by atoms with Crippen molar-refractivity contribution in [2.24, 2.45) is 0 Å². The van der Waals surface area contributed by atoms with Crippen molar-refractivity contribution in [3.8, 4) is 0 Å². The Morgan fingerprint density at radius 3 is 2.11 bits per heavy atom. The minimum absolute atomic E-state index is 0.0522. The van der Waals surface area contributed by atoms with Gasteiger partial charge in [-0.15, -0.1) is 0 Å². The maximum atomic E-state index is 13.1. The minimum Gasteiger partial charge on any atom is -0.207 e. The molecule has 0 aromatic heterocycles. The predicted octanol–water partition coefficient (Wildman–Crippen LogP) is 4.96. The fourth-order valence-corrected chi connectivity index (χ4v) is 2.08. The summed E-state index contributed by atoms with van der Waals surface area (Å²) in [6.07, 6.45) is 0.722. The molecule has 2 rings (SSSR count). The first-order valence-electron chi connectivity index (χ1n) is 5.75. The second-order valence-electron chi connectivity index (χ2n) is 4.43. The van der Waals surface area contributed by atoms with Crippen molar-refractivity contribution in [3.63, 3.8) is 0 Å². The Kier molecular flexibility index (Phi) is 3.97. The number of benzene rings is 2. The summed E-state index contributed by atoms with van der Waals surface area (Å²) >= 11 is 5.81. The largest absolute Gasteiger partial charge is 0.207 e. The van der Waals surface area contributed by atoms with Crippen LogP contribution in [0.4, 0.5) is 8.78 Å². The van der Waals surface area contributed by atoms with Crippen molar-refractivity contribution < 1.29 is 8.78 Å². The third kappa shape index (κ3) is 3.30. The van der Waals surface area contributed by atoms with Crippen LogP contribution in [0.2, 0.25) is 5.02 Å². The van der Waals surface area contributed by atoms with Gasteiger partial charge in [-0.25, -0.2) is 8.78 Å². The topological polar surface area (TPSA) is 0 Å². The Morgan fingerprint density at radius 2 is 1.56 bits per heavy atom. The maximum Gasteiger partial charge on any atom is 0.126 e. The van der Waals surface area contributed by atoms with Crippen molar-refractivity contribution >= 4 is 11.6 Å². The monoisotopic (exact) mass is 266 g/mol. The van der Waals surface area contributed by atoms with Gasteiger partial charge in [-0.2, -0.15) is 0 Å². The SMILES string of the molecule is CC(Cc1ccc(Cl)cc1)c1cc(F)cc(F)c1. The van der Waals surface area contributed by atoms with Crippen LogP contribution in [0.5, 0.6) is 0 Å². The summed E-state index contributed by atoms with van der Waals surface area (Å²) < 4.78 is 26.2. The van der Waals surface area contributed by atoms with Crippen LogP contribution in [0.25, 0.3) is 0 Å². The van der Waals surface area contributed by atoms with Gasteiger partial charge in [0, 0.05) is 11.1 Å². The van der Waals surface area contributed by atoms with Gasteiger partial charge in [0.1, 0.15) is 11.6 Å². The zero-order chi connectivity index (χ0) is 13.1. The summed E-state index contributed by atoms with van der Waals surface area (Å²) in [5.74, 6) is -1.02. The molecule has 0 heterocycles. The van der Waals surface area contributed by atoms with Crippen molar-refractivity contribution in [1.82, 2.24) is 0 Å². The van der Waals surface area contributed by atoms with Gasteiger partial charge in [-0.3, -0.25) is 0 Å². The van der Waals surface area contributed by atoms with Gasteiger partial charge >= 0.3 is 0 Å². The lowest BCUT2D eigenvalue weighted by Crippen LogP contribution is -2.00. The summed E-state index contributed by atoms with van der Waals surface area (Å²) in [4.78, 5) is 0. The number of hydrogen-bond acceptors (Lipinski definition) is 0. The van der Waals surface area contributed by atoms with E-state index < -0.39 is 11.6 Å². The lowest BCUT2D eigenvalue weighted by molar-refractivity contribution is 0.574. The van der Waals surface area contributed by atoms with Gasteiger partial charge in [-0.05, 0) is 47.7 Å². The van der Waals surface area contributed by atoms with E-state index in [1.54, 1.807) is 0 Å². The van der Waals surface area contributed by atoms with Gasteiger partial charge in [-0.1, -0.05) is 30.7 Å². The van der Waals surface area contributed by atoms with Gasteiger partial charge in [0.15, 0.2) is 0 Å². The first kappa shape index (κ1) is 13.0. The smallest absolute Gasteiger partial charge is 0.126 e. The lowest BCUT2D eigenvalue weighted by Gasteiger charge is -2.12. The summed E-state index contributed by atoms with van der Waals surface area (Å²) in [5, 5.41) is 0.684. The quantitative estimate of drug-likeness (QED) is 0.736. The Morgan fingerprint density at radius 1 is 1.00 bits per heavy atom. The molecule has 0 aliphatic rings. The van der Waals surface area contributed by atoms with Crippen LogP contribution in [0.1, 0.15) is 24.0 Å². The van der Waals surface area contributed by atoms with Crippen LogP contribution in [0.15, 0.2) is 42.5 Å². The molecule has 1 unspecified atom stereocenters. The number of halogens is 3. The molecule has 2 aromatic carbocycles. The van der Waals surface area contributed by atoms with Crippen molar-refractivity contribution in [1.29, 1.82) is 0 Å². The van der Waals surface area contributed by atoms with Gasteiger partial charge in [0.05, 0.1) is 0 Å². The first-order chi connectivity index (χ1) is 8.54. The second-order valence-corrected chi connectivity index (χ2v) is 4.87. The van der Waals surface area contributed by atoms with Crippen LogP contribution in [-0.4, -0.2) is 0 Å². The van der Waals surface area contributed by atoms with Crippen LogP contribution < -0.4 is 0 Å². The van der Waals surface area contributed by atoms with E-state index in [1.165, 1.54) is 12.1 Å². The van der Waals surface area contributed by atoms with E-state index in [0.29, 0.717) is 10.6 Å². The third-order valence-electron chi connectivity index (χ3n) is 2.91. The molecule has 0 spiro atoms. The molecule has 0 saturated heterocycles. The number of hydrogen-bond donors (Lipinski definition) is 0. The standard InChI is InChI=1S/C15H13ClF2/c1-10(6-11-2-4-13(16)5-3-11)12-7-14(17)9-15(18)8-12/h2-5,7-10H,6H2,1H3. The molecule has 0 aliphatic heterocycles.